The van der Waals surface area contributed by atoms with E-state index in [1.54, 1.807) is 29.2 Å². The third-order valence-corrected chi connectivity index (χ3v) is 5.74. The highest BCUT2D eigenvalue weighted by molar-refractivity contribution is 6.03. The van der Waals surface area contributed by atoms with E-state index >= 15 is 0 Å². The van der Waals surface area contributed by atoms with E-state index in [4.69, 9.17) is 0 Å². The molecule has 0 saturated carbocycles. The van der Waals surface area contributed by atoms with E-state index in [0.29, 0.717) is 18.4 Å². The summed E-state index contributed by atoms with van der Waals surface area (Å²) < 4.78 is 26.6. The first kappa shape index (κ1) is 20.2. The first-order chi connectivity index (χ1) is 14.4. The Kier molecular flexibility index (Phi) is 5.64. The van der Waals surface area contributed by atoms with Gasteiger partial charge in [-0.3, -0.25) is 4.79 Å². The second-order valence-corrected chi connectivity index (χ2v) is 7.79. The summed E-state index contributed by atoms with van der Waals surface area (Å²) in [5.74, 6) is -1.01. The summed E-state index contributed by atoms with van der Waals surface area (Å²) in [6.07, 6.45) is 0.0733. The number of hydrogen-bond acceptors (Lipinski definition) is 2. The Morgan fingerprint density at radius 3 is 2.07 bits per heavy atom. The van der Waals surface area contributed by atoms with Crippen LogP contribution in [0.4, 0.5) is 14.5 Å². The van der Waals surface area contributed by atoms with E-state index in [1.807, 2.05) is 31.2 Å². The van der Waals surface area contributed by atoms with Gasteiger partial charge in [-0.25, -0.2) is 8.78 Å². The zero-order valence-electron chi connectivity index (χ0n) is 16.6. The van der Waals surface area contributed by atoms with Crippen LogP contribution in [0.1, 0.15) is 41.7 Å². The second-order valence-electron chi connectivity index (χ2n) is 7.79. The van der Waals surface area contributed by atoms with Crippen LogP contribution in [-0.2, 0) is 4.79 Å². The number of hydrogen-bond donors (Lipinski definition) is 1. The number of carbonyl (C=O) groups excluding carboxylic acids is 1. The van der Waals surface area contributed by atoms with Crippen LogP contribution in [0.5, 0.6) is 0 Å². The van der Waals surface area contributed by atoms with Gasteiger partial charge in [0, 0.05) is 5.69 Å². The third kappa shape index (κ3) is 3.98. The Balaban J connectivity index is 1.55. The molecule has 4 rings (SSSR count). The number of carbonyl (C=O) groups is 1. The van der Waals surface area contributed by atoms with Crippen LogP contribution in [0.3, 0.4) is 0 Å². The molecular formula is C25H23F2NO2. The first-order valence-corrected chi connectivity index (χ1v) is 10.0. The van der Waals surface area contributed by atoms with Crippen LogP contribution in [0.2, 0.25) is 0 Å². The van der Waals surface area contributed by atoms with Crippen LogP contribution in [0, 0.1) is 24.5 Å². The standard InChI is InChI=1S/C25H23F2NO2/c1-16-2-12-21(13-3-16)28-24(18-6-10-20(27)11-7-18)22(25(28)30)14-15-23(29)17-4-8-19(26)9-5-17/h2-13,22-24,29H,14-15H2,1H3/t22?,23-,24+/m0/s1. The second kappa shape index (κ2) is 8.36. The van der Waals surface area contributed by atoms with Crippen molar-refractivity contribution < 1.29 is 18.7 Å². The third-order valence-electron chi connectivity index (χ3n) is 5.74. The van der Waals surface area contributed by atoms with Crippen molar-refractivity contribution in [3.8, 4) is 0 Å². The molecule has 1 unspecified atom stereocenters. The molecular weight excluding hydrogens is 384 g/mol. The van der Waals surface area contributed by atoms with Gasteiger partial charge in [-0.05, 0) is 67.3 Å². The van der Waals surface area contributed by atoms with Crippen molar-refractivity contribution in [1.82, 2.24) is 0 Å². The van der Waals surface area contributed by atoms with Gasteiger partial charge >= 0.3 is 0 Å². The molecule has 154 valence electrons. The average Bonchev–Trinajstić information content (AvgIpc) is 2.74. The normalized spacial score (nSPS) is 19.5. The number of benzene rings is 3. The fraction of sp³-hybridized carbons (Fsp3) is 0.240. The molecule has 30 heavy (non-hydrogen) atoms. The van der Waals surface area contributed by atoms with Gasteiger partial charge < -0.3 is 10.0 Å². The lowest BCUT2D eigenvalue weighted by molar-refractivity contribution is -0.131. The molecule has 0 radical (unpaired) electrons. The molecule has 3 aromatic carbocycles. The van der Waals surface area contributed by atoms with Gasteiger partial charge in [0.1, 0.15) is 11.6 Å². The SMILES string of the molecule is Cc1ccc(N2C(=O)C(CC[C@H](O)c3ccc(F)cc3)[C@H]2c2ccc(F)cc2)cc1. The number of anilines is 1. The summed E-state index contributed by atoms with van der Waals surface area (Å²) in [7, 11) is 0. The minimum Gasteiger partial charge on any atom is -0.388 e. The van der Waals surface area contributed by atoms with Gasteiger partial charge in [-0.1, -0.05) is 42.0 Å². The summed E-state index contributed by atoms with van der Waals surface area (Å²) >= 11 is 0. The largest absolute Gasteiger partial charge is 0.388 e. The highest BCUT2D eigenvalue weighted by Crippen LogP contribution is 2.46. The van der Waals surface area contributed by atoms with Crippen molar-refractivity contribution >= 4 is 11.6 Å². The molecule has 1 heterocycles. The molecule has 3 atom stereocenters. The topological polar surface area (TPSA) is 40.5 Å². The molecule has 1 aliphatic rings. The lowest BCUT2D eigenvalue weighted by Crippen LogP contribution is -2.55. The Morgan fingerprint density at radius 1 is 0.900 bits per heavy atom. The monoisotopic (exact) mass is 407 g/mol. The van der Waals surface area contributed by atoms with Gasteiger partial charge in [0.2, 0.25) is 5.91 Å². The van der Waals surface area contributed by atoms with E-state index in [9.17, 15) is 18.7 Å². The van der Waals surface area contributed by atoms with Crippen molar-refractivity contribution in [3.05, 3.63) is 101 Å². The van der Waals surface area contributed by atoms with Crippen LogP contribution in [0.15, 0.2) is 72.8 Å². The number of rotatable bonds is 6. The van der Waals surface area contributed by atoms with E-state index in [0.717, 1.165) is 16.8 Å². The molecule has 1 fully saturated rings. The Morgan fingerprint density at radius 2 is 1.47 bits per heavy atom. The minimum absolute atomic E-state index is 0.0144. The van der Waals surface area contributed by atoms with Crippen LogP contribution >= 0.6 is 0 Å². The predicted octanol–water partition coefficient (Wildman–Crippen LogP) is 5.49. The van der Waals surface area contributed by atoms with Gasteiger partial charge in [0.15, 0.2) is 0 Å². The highest BCUT2D eigenvalue weighted by Gasteiger charge is 2.48. The quantitative estimate of drug-likeness (QED) is 0.549. The molecule has 0 bridgehead atoms. The zero-order chi connectivity index (χ0) is 21.3. The molecule has 1 N–H and O–H groups in total. The van der Waals surface area contributed by atoms with Crippen molar-refractivity contribution in [2.24, 2.45) is 5.92 Å². The summed E-state index contributed by atoms with van der Waals surface area (Å²) in [5.41, 5.74) is 3.38. The van der Waals surface area contributed by atoms with Gasteiger partial charge in [0.25, 0.3) is 0 Å². The van der Waals surface area contributed by atoms with Crippen molar-refractivity contribution in [2.45, 2.75) is 31.9 Å². The maximum atomic E-state index is 13.4. The Hall–Kier alpha value is -3.05. The number of amides is 1. The van der Waals surface area contributed by atoms with E-state index in [1.165, 1.54) is 24.3 Å². The zero-order valence-corrected chi connectivity index (χ0v) is 16.6. The molecule has 3 aromatic rings. The first-order valence-electron chi connectivity index (χ1n) is 10.0. The fourth-order valence-electron chi connectivity index (χ4n) is 4.05. The van der Waals surface area contributed by atoms with E-state index in [2.05, 4.69) is 0 Å². The Bertz CT molecular complexity index is 1020. The molecule has 3 nitrogen and oxygen atoms in total. The molecule has 1 amide bonds. The van der Waals surface area contributed by atoms with E-state index < -0.39 is 6.10 Å². The number of aryl methyl sites for hydroxylation is 1. The van der Waals surface area contributed by atoms with Crippen molar-refractivity contribution in [2.75, 3.05) is 4.90 Å². The molecule has 1 saturated heterocycles. The van der Waals surface area contributed by atoms with Gasteiger partial charge in [-0.2, -0.15) is 0 Å². The smallest absolute Gasteiger partial charge is 0.233 e. The Labute approximate surface area is 174 Å². The summed E-state index contributed by atoms with van der Waals surface area (Å²) in [4.78, 5) is 14.7. The number of halogens is 2. The van der Waals surface area contributed by atoms with Crippen LogP contribution in [0.25, 0.3) is 0 Å². The average molecular weight is 407 g/mol. The molecule has 0 aliphatic carbocycles. The number of aliphatic hydroxyl groups excluding tert-OH is 1. The predicted molar refractivity (Wildman–Crippen MR) is 112 cm³/mol. The maximum Gasteiger partial charge on any atom is 0.233 e. The lowest BCUT2D eigenvalue weighted by Gasteiger charge is -2.48. The molecule has 1 aliphatic heterocycles. The molecule has 0 aromatic heterocycles. The van der Waals surface area contributed by atoms with Crippen LogP contribution in [-0.4, -0.2) is 11.0 Å². The van der Waals surface area contributed by atoms with Crippen molar-refractivity contribution in [1.29, 1.82) is 0 Å². The summed E-state index contributed by atoms with van der Waals surface area (Å²) in [6, 6.07) is 19.5. The lowest BCUT2D eigenvalue weighted by atomic mass is 9.78. The van der Waals surface area contributed by atoms with Gasteiger partial charge in [-0.15, -0.1) is 0 Å². The maximum absolute atomic E-state index is 13.4. The number of nitrogens with zero attached hydrogens (tertiary/aromatic N) is 1. The number of aliphatic hydroxyl groups is 1. The van der Waals surface area contributed by atoms with Crippen LogP contribution < -0.4 is 4.90 Å². The summed E-state index contributed by atoms with van der Waals surface area (Å²) in [5, 5.41) is 10.5. The fourth-order valence-corrected chi connectivity index (χ4v) is 4.05. The van der Waals surface area contributed by atoms with E-state index in [-0.39, 0.29) is 29.5 Å². The minimum atomic E-state index is -0.777. The van der Waals surface area contributed by atoms with Crippen molar-refractivity contribution in [3.63, 3.8) is 0 Å². The molecule has 0 spiro atoms. The van der Waals surface area contributed by atoms with Gasteiger partial charge in [0.05, 0.1) is 18.1 Å². The number of β-lactam (4-membered cyclic amide) rings is 1. The summed E-state index contributed by atoms with van der Waals surface area (Å²) in [6.45, 7) is 1.98. The molecule has 5 heteroatoms. The highest BCUT2D eigenvalue weighted by atomic mass is 19.1.